The Bertz CT molecular complexity index is 451. The van der Waals surface area contributed by atoms with Crippen molar-refractivity contribution in [3.8, 4) is 0 Å². The normalized spacial score (nSPS) is 21.1. The highest BCUT2D eigenvalue weighted by atomic mass is 19.4. The monoisotopic (exact) mass is 271 g/mol. The zero-order valence-corrected chi connectivity index (χ0v) is 10.5. The Labute approximate surface area is 109 Å². The third-order valence-corrected chi connectivity index (χ3v) is 3.90. The summed E-state index contributed by atoms with van der Waals surface area (Å²) in [5.74, 6) is 0. The molecule has 1 aromatic rings. The molecule has 3 nitrogen and oxygen atoms in total. The molecule has 19 heavy (non-hydrogen) atoms. The third kappa shape index (κ3) is 2.54. The molecule has 1 N–H and O–H groups in total. The van der Waals surface area contributed by atoms with Gasteiger partial charge in [-0.25, -0.2) is 0 Å². The molecule has 0 bridgehead atoms. The number of alkyl halides is 3. The minimum Gasteiger partial charge on any atom is -0.368 e. The molecule has 0 radical (unpaired) electrons. The second kappa shape index (κ2) is 4.67. The summed E-state index contributed by atoms with van der Waals surface area (Å²) < 4.78 is 38.6. The number of hydrogen-bond acceptors (Lipinski definition) is 3. The van der Waals surface area contributed by atoms with Crippen molar-refractivity contribution in [1.29, 1.82) is 0 Å². The van der Waals surface area contributed by atoms with Gasteiger partial charge in [0.25, 0.3) is 0 Å². The highest BCUT2D eigenvalue weighted by Gasteiger charge is 2.38. The van der Waals surface area contributed by atoms with Gasteiger partial charge in [-0.15, -0.1) is 0 Å². The van der Waals surface area contributed by atoms with Crippen LogP contribution in [0.5, 0.6) is 0 Å². The van der Waals surface area contributed by atoms with Crippen LogP contribution in [-0.4, -0.2) is 30.2 Å². The summed E-state index contributed by atoms with van der Waals surface area (Å²) in [6.45, 7) is 1.28. The van der Waals surface area contributed by atoms with E-state index in [2.05, 4.69) is 10.3 Å². The molecule has 3 rings (SSSR count). The summed E-state index contributed by atoms with van der Waals surface area (Å²) in [5, 5.41) is 3.47. The van der Waals surface area contributed by atoms with Gasteiger partial charge in [0.15, 0.2) is 0 Å². The van der Waals surface area contributed by atoms with Crippen LogP contribution in [0.3, 0.4) is 0 Å². The second-order valence-electron chi connectivity index (χ2n) is 5.29. The quantitative estimate of drug-likeness (QED) is 0.915. The van der Waals surface area contributed by atoms with Crippen LogP contribution in [0.2, 0.25) is 0 Å². The molecule has 2 aliphatic rings. The van der Waals surface area contributed by atoms with E-state index < -0.39 is 11.7 Å². The van der Waals surface area contributed by atoms with E-state index in [4.69, 9.17) is 0 Å². The fourth-order valence-corrected chi connectivity index (χ4v) is 2.57. The molecule has 6 heteroatoms. The van der Waals surface area contributed by atoms with Crippen LogP contribution < -0.4 is 10.2 Å². The summed E-state index contributed by atoms with van der Waals surface area (Å²) in [5.41, 5.74) is -0.397. The van der Waals surface area contributed by atoms with Gasteiger partial charge in [-0.3, -0.25) is 4.98 Å². The van der Waals surface area contributed by atoms with Crippen molar-refractivity contribution in [2.24, 2.45) is 0 Å². The van der Waals surface area contributed by atoms with Crippen molar-refractivity contribution >= 4 is 5.69 Å². The molecule has 104 valence electrons. The average Bonchev–Trinajstić information content (AvgIpc) is 2.24. The van der Waals surface area contributed by atoms with Crippen molar-refractivity contribution in [1.82, 2.24) is 10.3 Å². The lowest BCUT2D eigenvalue weighted by Gasteiger charge is -2.45. The van der Waals surface area contributed by atoms with E-state index in [-0.39, 0.29) is 5.69 Å². The van der Waals surface area contributed by atoms with E-state index in [0.29, 0.717) is 25.2 Å². The minimum absolute atomic E-state index is 0.245. The van der Waals surface area contributed by atoms with Crippen LogP contribution in [0.1, 0.15) is 24.8 Å². The smallest absolute Gasteiger partial charge is 0.368 e. The summed E-state index contributed by atoms with van der Waals surface area (Å²) in [7, 11) is 0. The number of pyridine rings is 1. The van der Waals surface area contributed by atoms with Crippen molar-refractivity contribution < 1.29 is 13.2 Å². The van der Waals surface area contributed by atoms with Crippen molar-refractivity contribution in [2.45, 2.75) is 37.5 Å². The fourth-order valence-electron chi connectivity index (χ4n) is 2.57. The highest BCUT2D eigenvalue weighted by Crippen LogP contribution is 2.37. The maximum absolute atomic E-state index is 12.9. The number of anilines is 1. The van der Waals surface area contributed by atoms with Crippen LogP contribution >= 0.6 is 0 Å². The Morgan fingerprint density at radius 3 is 2.53 bits per heavy atom. The zero-order chi connectivity index (χ0) is 13.5. The van der Waals surface area contributed by atoms with Gasteiger partial charge in [0.05, 0.1) is 11.3 Å². The molecule has 1 saturated heterocycles. The van der Waals surface area contributed by atoms with Gasteiger partial charge in [0, 0.05) is 37.6 Å². The summed E-state index contributed by atoms with van der Waals surface area (Å²) in [6.07, 6.45) is 1.63. The third-order valence-electron chi connectivity index (χ3n) is 3.90. The maximum atomic E-state index is 12.9. The summed E-state index contributed by atoms with van der Waals surface area (Å²) in [6, 6.07) is 2.34. The molecule has 0 amide bonds. The molecule has 0 atom stereocenters. The van der Waals surface area contributed by atoms with E-state index in [1.807, 2.05) is 0 Å². The Morgan fingerprint density at radius 2 is 1.95 bits per heavy atom. The molecule has 0 aromatic carbocycles. The minimum atomic E-state index is -4.34. The average molecular weight is 271 g/mol. The Morgan fingerprint density at radius 1 is 1.21 bits per heavy atom. The topological polar surface area (TPSA) is 28.2 Å². The Balaban J connectivity index is 1.64. The summed E-state index contributed by atoms with van der Waals surface area (Å²) in [4.78, 5) is 5.34. The van der Waals surface area contributed by atoms with Gasteiger partial charge in [-0.05, 0) is 18.9 Å². The standard InChI is InChI=1S/C13H16F3N3/c14-13(15,16)11-6-17-5-4-12(11)19-7-10(8-19)18-9-2-1-3-9/h4-6,9-10,18H,1-3,7-8H2. The molecule has 2 fully saturated rings. The van der Waals surface area contributed by atoms with Crippen molar-refractivity contribution in [3.05, 3.63) is 24.0 Å². The van der Waals surface area contributed by atoms with Crippen LogP contribution in [0.4, 0.5) is 18.9 Å². The summed E-state index contributed by atoms with van der Waals surface area (Å²) >= 11 is 0. The van der Waals surface area contributed by atoms with Crippen molar-refractivity contribution in [3.63, 3.8) is 0 Å². The number of halogens is 3. The SMILES string of the molecule is FC(F)(F)c1cnccc1N1CC(NC2CCC2)C1. The first-order chi connectivity index (χ1) is 9.04. The van der Waals surface area contributed by atoms with Gasteiger partial charge >= 0.3 is 6.18 Å². The van der Waals surface area contributed by atoms with Gasteiger partial charge < -0.3 is 10.2 Å². The van der Waals surface area contributed by atoms with Gasteiger partial charge in [-0.2, -0.15) is 13.2 Å². The lowest BCUT2D eigenvalue weighted by Crippen LogP contribution is -2.61. The molecular formula is C13H16F3N3. The highest BCUT2D eigenvalue weighted by molar-refractivity contribution is 5.56. The van der Waals surface area contributed by atoms with Crippen LogP contribution in [0, 0.1) is 0 Å². The predicted octanol–water partition coefficient (Wildman–Crippen LogP) is 2.43. The molecule has 1 aliphatic carbocycles. The predicted molar refractivity (Wildman–Crippen MR) is 66.0 cm³/mol. The zero-order valence-electron chi connectivity index (χ0n) is 10.5. The van der Waals surface area contributed by atoms with Gasteiger partial charge in [0.1, 0.15) is 0 Å². The first-order valence-corrected chi connectivity index (χ1v) is 6.56. The van der Waals surface area contributed by atoms with E-state index >= 15 is 0 Å². The van der Waals surface area contributed by atoms with Gasteiger partial charge in [-0.1, -0.05) is 6.42 Å². The lowest BCUT2D eigenvalue weighted by molar-refractivity contribution is -0.137. The molecule has 2 heterocycles. The first-order valence-electron chi connectivity index (χ1n) is 6.56. The number of rotatable bonds is 3. The van der Waals surface area contributed by atoms with Crippen LogP contribution in [-0.2, 0) is 6.18 Å². The maximum Gasteiger partial charge on any atom is 0.419 e. The first kappa shape index (κ1) is 12.7. The molecular weight excluding hydrogens is 255 g/mol. The molecule has 1 aliphatic heterocycles. The van der Waals surface area contributed by atoms with Gasteiger partial charge in [0.2, 0.25) is 0 Å². The Kier molecular flexibility index (Phi) is 3.12. The lowest BCUT2D eigenvalue weighted by atomic mass is 9.91. The van der Waals surface area contributed by atoms with Crippen LogP contribution in [0.25, 0.3) is 0 Å². The second-order valence-corrected chi connectivity index (χ2v) is 5.29. The van der Waals surface area contributed by atoms with Crippen molar-refractivity contribution in [2.75, 3.05) is 18.0 Å². The number of nitrogens with one attached hydrogen (secondary N) is 1. The Hall–Kier alpha value is -1.30. The van der Waals surface area contributed by atoms with E-state index in [9.17, 15) is 13.2 Å². The fraction of sp³-hybridized carbons (Fsp3) is 0.615. The molecule has 1 aromatic heterocycles. The van der Waals surface area contributed by atoms with E-state index in [1.165, 1.54) is 31.5 Å². The molecule has 1 saturated carbocycles. The molecule has 0 unspecified atom stereocenters. The number of hydrogen-bond donors (Lipinski definition) is 1. The van der Waals surface area contributed by atoms with E-state index in [0.717, 1.165) is 6.20 Å². The van der Waals surface area contributed by atoms with E-state index in [1.54, 1.807) is 4.90 Å². The number of aromatic nitrogens is 1. The van der Waals surface area contributed by atoms with Crippen LogP contribution in [0.15, 0.2) is 18.5 Å². The number of nitrogens with zero attached hydrogens (tertiary/aromatic N) is 2. The largest absolute Gasteiger partial charge is 0.419 e. The molecule has 0 spiro atoms.